The molecule has 0 bridgehead atoms. The first kappa shape index (κ1) is 14.7. The second-order valence-corrected chi connectivity index (χ2v) is 5.17. The summed E-state index contributed by atoms with van der Waals surface area (Å²) in [5.74, 6) is -0.780. The number of nitro benzene ring substituents is 1. The molecule has 1 atom stereocenters. The van der Waals surface area contributed by atoms with E-state index < -0.39 is 16.4 Å². The third-order valence-corrected chi connectivity index (χ3v) is 3.95. The smallest absolute Gasteiger partial charge is 0.327 e. The third-order valence-electron chi connectivity index (χ3n) is 3.95. The predicted octanol–water partition coefficient (Wildman–Crippen LogP) is 2.65. The first-order valence-corrected chi connectivity index (χ1v) is 6.92. The van der Waals surface area contributed by atoms with E-state index in [4.69, 9.17) is 0 Å². The van der Waals surface area contributed by atoms with Gasteiger partial charge in [0.25, 0.3) is 0 Å². The molecule has 1 aromatic rings. The topological polar surface area (TPSA) is 49.6 Å². The van der Waals surface area contributed by atoms with E-state index in [-0.39, 0.29) is 0 Å². The molecule has 6 heteroatoms. The van der Waals surface area contributed by atoms with Crippen LogP contribution in [-0.4, -0.2) is 42.5 Å². The summed E-state index contributed by atoms with van der Waals surface area (Å²) < 4.78 is 13.6. The molecule has 1 fully saturated rings. The van der Waals surface area contributed by atoms with E-state index in [1.54, 1.807) is 18.0 Å². The summed E-state index contributed by atoms with van der Waals surface area (Å²) in [5, 5.41) is 11.0. The van der Waals surface area contributed by atoms with Gasteiger partial charge in [-0.3, -0.25) is 15.0 Å². The fourth-order valence-corrected chi connectivity index (χ4v) is 2.93. The van der Waals surface area contributed by atoms with E-state index in [0.29, 0.717) is 18.3 Å². The first-order valence-electron chi connectivity index (χ1n) is 6.92. The maximum Gasteiger partial charge on any atom is 0.327 e. The van der Waals surface area contributed by atoms with Gasteiger partial charge in [-0.1, -0.05) is 13.0 Å². The summed E-state index contributed by atoms with van der Waals surface area (Å²) in [7, 11) is 1.79. The summed E-state index contributed by atoms with van der Waals surface area (Å²) in [6, 6.07) is 4.63. The average molecular weight is 281 g/mol. The largest absolute Gasteiger partial charge is 0.367 e. The van der Waals surface area contributed by atoms with E-state index >= 15 is 0 Å². The number of likely N-dealkylation sites (N-methyl/N-ethyl adjacent to an activating group) is 2. The van der Waals surface area contributed by atoms with E-state index in [9.17, 15) is 14.5 Å². The van der Waals surface area contributed by atoms with Crippen LogP contribution in [0.3, 0.4) is 0 Å². The molecule has 0 spiro atoms. The fourth-order valence-electron chi connectivity index (χ4n) is 2.93. The van der Waals surface area contributed by atoms with Crippen LogP contribution in [0.4, 0.5) is 15.8 Å². The molecule has 1 aliphatic rings. The number of halogens is 1. The molecule has 1 heterocycles. The SMILES string of the molecule is CCN1CCCC1CN(C)c1cccc(F)c1[N+](=O)[O-]. The number of likely N-dealkylation sites (tertiary alicyclic amines) is 1. The Kier molecular flexibility index (Phi) is 4.54. The molecule has 2 rings (SSSR count). The van der Waals surface area contributed by atoms with Crippen LogP contribution in [0.2, 0.25) is 0 Å². The fraction of sp³-hybridized carbons (Fsp3) is 0.571. The van der Waals surface area contributed by atoms with Crippen molar-refractivity contribution in [2.75, 3.05) is 31.6 Å². The molecular formula is C14H20FN3O2. The highest BCUT2D eigenvalue weighted by molar-refractivity contribution is 5.63. The molecule has 0 aliphatic carbocycles. The lowest BCUT2D eigenvalue weighted by molar-refractivity contribution is -0.386. The van der Waals surface area contributed by atoms with Gasteiger partial charge >= 0.3 is 5.69 Å². The van der Waals surface area contributed by atoms with E-state index in [2.05, 4.69) is 11.8 Å². The Labute approximate surface area is 118 Å². The molecule has 1 aliphatic heterocycles. The van der Waals surface area contributed by atoms with Crippen molar-refractivity contribution in [3.8, 4) is 0 Å². The van der Waals surface area contributed by atoms with Gasteiger partial charge in [0.15, 0.2) is 0 Å². The maximum atomic E-state index is 13.6. The summed E-state index contributed by atoms with van der Waals surface area (Å²) in [5.41, 5.74) is -0.0889. The first-order chi connectivity index (χ1) is 9.54. The summed E-state index contributed by atoms with van der Waals surface area (Å²) in [6.07, 6.45) is 2.24. The number of hydrogen-bond acceptors (Lipinski definition) is 4. The normalized spacial score (nSPS) is 19.2. The van der Waals surface area contributed by atoms with Crippen LogP contribution in [0.15, 0.2) is 18.2 Å². The van der Waals surface area contributed by atoms with Gasteiger partial charge in [-0.05, 0) is 38.1 Å². The standard InChI is InChI=1S/C14H20FN3O2/c1-3-17-9-5-6-11(17)10-16(2)13-8-4-7-12(15)14(13)18(19)20/h4,7-8,11H,3,5-6,9-10H2,1-2H3. The van der Waals surface area contributed by atoms with Gasteiger partial charge in [0.05, 0.1) is 4.92 Å². The Morgan fingerprint density at radius 1 is 1.55 bits per heavy atom. The molecule has 1 aromatic carbocycles. The van der Waals surface area contributed by atoms with Crippen molar-refractivity contribution in [3.05, 3.63) is 34.1 Å². The van der Waals surface area contributed by atoms with Crippen molar-refractivity contribution < 1.29 is 9.31 Å². The van der Waals surface area contributed by atoms with Crippen molar-refractivity contribution in [2.45, 2.75) is 25.8 Å². The Hall–Kier alpha value is -1.69. The van der Waals surface area contributed by atoms with Gasteiger partial charge in [0.1, 0.15) is 5.69 Å². The molecule has 1 saturated heterocycles. The minimum atomic E-state index is -0.780. The number of benzene rings is 1. The van der Waals surface area contributed by atoms with Crippen LogP contribution >= 0.6 is 0 Å². The summed E-state index contributed by atoms with van der Waals surface area (Å²) in [6.45, 7) is 4.84. The van der Waals surface area contributed by atoms with Crippen LogP contribution in [0.1, 0.15) is 19.8 Å². The highest BCUT2D eigenvalue weighted by Crippen LogP contribution is 2.31. The lowest BCUT2D eigenvalue weighted by Gasteiger charge is -2.28. The number of rotatable bonds is 5. The molecule has 0 aromatic heterocycles. The van der Waals surface area contributed by atoms with Gasteiger partial charge in [-0.2, -0.15) is 4.39 Å². The second kappa shape index (κ2) is 6.17. The number of nitro groups is 1. The number of nitrogens with zero attached hydrogens (tertiary/aromatic N) is 3. The molecule has 0 N–H and O–H groups in total. The summed E-state index contributed by atoms with van der Waals surface area (Å²) in [4.78, 5) is 14.5. The second-order valence-electron chi connectivity index (χ2n) is 5.17. The van der Waals surface area contributed by atoms with Crippen LogP contribution < -0.4 is 4.90 Å². The monoisotopic (exact) mass is 281 g/mol. The average Bonchev–Trinajstić information content (AvgIpc) is 2.85. The van der Waals surface area contributed by atoms with E-state index in [1.807, 2.05) is 0 Å². The predicted molar refractivity (Wildman–Crippen MR) is 76.6 cm³/mol. The Bertz CT molecular complexity index is 495. The molecular weight excluding hydrogens is 261 g/mol. The van der Waals surface area contributed by atoms with Gasteiger partial charge in [-0.15, -0.1) is 0 Å². The van der Waals surface area contributed by atoms with Gasteiger partial charge in [0.2, 0.25) is 5.82 Å². The van der Waals surface area contributed by atoms with Gasteiger partial charge < -0.3 is 4.90 Å². The van der Waals surface area contributed by atoms with Crippen LogP contribution in [0, 0.1) is 15.9 Å². The third kappa shape index (κ3) is 2.90. The molecule has 1 unspecified atom stereocenters. The van der Waals surface area contributed by atoms with Crippen molar-refractivity contribution in [1.29, 1.82) is 0 Å². The molecule has 0 saturated carbocycles. The zero-order valence-corrected chi connectivity index (χ0v) is 11.9. The van der Waals surface area contributed by atoms with Crippen molar-refractivity contribution in [2.24, 2.45) is 0 Å². The van der Waals surface area contributed by atoms with Crippen LogP contribution in [0.25, 0.3) is 0 Å². The molecule has 5 nitrogen and oxygen atoms in total. The highest BCUT2D eigenvalue weighted by atomic mass is 19.1. The van der Waals surface area contributed by atoms with Crippen LogP contribution in [0.5, 0.6) is 0 Å². The maximum absolute atomic E-state index is 13.6. The molecule has 110 valence electrons. The lowest BCUT2D eigenvalue weighted by atomic mass is 10.2. The molecule has 0 amide bonds. The Balaban J connectivity index is 2.19. The van der Waals surface area contributed by atoms with E-state index in [0.717, 1.165) is 32.0 Å². The zero-order chi connectivity index (χ0) is 14.7. The van der Waals surface area contributed by atoms with Gasteiger partial charge in [0, 0.05) is 19.6 Å². The number of para-hydroxylation sites is 1. The Morgan fingerprint density at radius 2 is 2.30 bits per heavy atom. The molecule has 0 radical (unpaired) electrons. The zero-order valence-electron chi connectivity index (χ0n) is 11.9. The van der Waals surface area contributed by atoms with Gasteiger partial charge in [-0.25, -0.2) is 0 Å². The number of hydrogen-bond donors (Lipinski definition) is 0. The summed E-state index contributed by atoms with van der Waals surface area (Å²) >= 11 is 0. The minimum absolute atomic E-state index is 0.345. The lowest BCUT2D eigenvalue weighted by Crippen LogP contribution is -2.39. The minimum Gasteiger partial charge on any atom is -0.367 e. The van der Waals surface area contributed by atoms with Crippen molar-refractivity contribution in [3.63, 3.8) is 0 Å². The van der Waals surface area contributed by atoms with Crippen molar-refractivity contribution in [1.82, 2.24) is 4.90 Å². The number of anilines is 1. The highest BCUT2D eigenvalue weighted by Gasteiger charge is 2.27. The Morgan fingerprint density at radius 3 is 2.95 bits per heavy atom. The van der Waals surface area contributed by atoms with Crippen molar-refractivity contribution >= 4 is 11.4 Å². The van der Waals surface area contributed by atoms with Crippen LogP contribution in [-0.2, 0) is 0 Å². The van der Waals surface area contributed by atoms with E-state index in [1.165, 1.54) is 6.07 Å². The molecule has 20 heavy (non-hydrogen) atoms. The quantitative estimate of drug-likeness (QED) is 0.615.